The predicted octanol–water partition coefficient (Wildman–Crippen LogP) is 4.37. The fourth-order valence-corrected chi connectivity index (χ4v) is 1.41. The summed E-state index contributed by atoms with van der Waals surface area (Å²) in [6, 6.07) is 8.49. The van der Waals surface area contributed by atoms with Crippen molar-refractivity contribution in [3.8, 4) is 0 Å². The van der Waals surface area contributed by atoms with Crippen molar-refractivity contribution < 1.29 is 0 Å². The zero-order valence-corrected chi connectivity index (χ0v) is 10.4. The van der Waals surface area contributed by atoms with Crippen molar-refractivity contribution >= 4 is 23.2 Å². The highest BCUT2D eigenvalue weighted by Crippen LogP contribution is 2.31. The maximum atomic E-state index is 6.03. The van der Waals surface area contributed by atoms with Crippen molar-refractivity contribution in [1.82, 2.24) is 0 Å². The molecule has 2 heteroatoms. The molecule has 0 aliphatic heterocycles. The van der Waals surface area contributed by atoms with Gasteiger partial charge in [-0.15, -0.1) is 23.2 Å². The Balaban J connectivity index is 2.65. The van der Waals surface area contributed by atoms with Gasteiger partial charge in [-0.2, -0.15) is 0 Å². The van der Waals surface area contributed by atoms with Crippen molar-refractivity contribution in [3.63, 3.8) is 0 Å². The quantitative estimate of drug-likeness (QED) is 0.677. The summed E-state index contributed by atoms with van der Waals surface area (Å²) in [6.45, 7) is 6.00. The van der Waals surface area contributed by atoms with Crippen molar-refractivity contribution in [2.24, 2.45) is 5.92 Å². The number of benzene rings is 1. The second-order valence-electron chi connectivity index (χ2n) is 4.05. The molecule has 0 heterocycles. The molecule has 14 heavy (non-hydrogen) atoms. The van der Waals surface area contributed by atoms with Gasteiger partial charge in [0, 0.05) is 0 Å². The highest BCUT2D eigenvalue weighted by atomic mass is 35.5. The van der Waals surface area contributed by atoms with Crippen LogP contribution in [-0.4, -0.2) is 4.33 Å². The van der Waals surface area contributed by atoms with E-state index < -0.39 is 4.33 Å². The molecule has 0 saturated heterocycles. The van der Waals surface area contributed by atoms with Gasteiger partial charge in [0.05, 0.1) is 0 Å². The highest BCUT2D eigenvalue weighted by Gasteiger charge is 2.25. The molecule has 0 aromatic heterocycles. The Morgan fingerprint density at radius 3 is 2.14 bits per heavy atom. The van der Waals surface area contributed by atoms with Crippen molar-refractivity contribution in [2.45, 2.75) is 31.5 Å². The van der Waals surface area contributed by atoms with Crippen LogP contribution in [0, 0.1) is 12.8 Å². The lowest BCUT2D eigenvalue weighted by molar-refractivity contribution is 0.528. The van der Waals surface area contributed by atoms with Crippen LogP contribution < -0.4 is 0 Å². The molecule has 1 unspecified atom stereocenters. The van der Waals surface area contributed by atoms with Crippen LogP contribution in [0.25, 0.3) is 0 Å². The van der Waals surface area contributed by atoms with Crippen molar-refractivity contribution in [2.75, 3.05) is 0 Å². The average molecular weight is 231 g/mol. The van der Waals surface area contributed by atoms with Gasteiger partial charge < -0.3 is 0 Å². The van der Waals surface area contributed by atoms with E-state index in [2.05, 4.69) is 38.1 Å². The minimum absolute atomic E-state index is 0.258. The summed E-state index contributed by atoms with van der Waals surface area (Å²) >= 11 is 12.1. The maximum absolute atomic E-state index is 6.03. The van der Waals surface area contributed by atoms with E-state index in [1.807, 2.05) is 6.92 Å². The normalized spacial score (nSPS) is 14.1. The number of aryl methyl sites for hydroxylation is 1. The SMILES string of the molecule is Cc1ccc(CC(C)C(C)(Cl)Cl)cc1. The molecule has 0 amide bonds. The fraction of sp³-hybridized carbons (Fsp3) is 0.500. The smallest absolute Gasteiger partial charge is 0.102 e. The van der Waals surface area contributed by atoms with Crippen LogP contribution in [0.1, 0.15) is 25.0 Å². The molecule has 0 bridgehead atoms. The van der Waals surface area contributed by atoms with E-state index in [0.717, 1.165) is 6.42 Å². The van der Waals surface area contributed by atoms with Gasteiger partial charge >= 0.3 is 0 Å². The molecular weight excluding hydrogens is 215 g/mol. The van der Waals surface area contributed by atoms with E-state index in [1.54, 1.807) is 0 Å². The highest BCUT2D eigenvalue weighted by molar-refractivity contribution is 6.48. The molecular formula is C12H16Cl2. The Morgan fingerprint density at radius 2 is 1.71 bits per heavy atom. The largest absolute Gasteiger partial charge is 0.118 e. The molecule has 0 aliphatic rings. The third-order valence-electron chi connectivity index (χ3n) is 2.53. The van der Waals surface area contributed by atoms with Gasteiger partial charge in [0.2, 0.25) is 0 Å². The zero-order chi connectivity index (χ0) is 10.8. The third-order valence-corrected chi connectivity index (χ3v) is 3.27. The van der Waals surface area contributed by atoms with E-state index in [1.165, 1.54) is 11.1 Å². The first-order valence-corrected chi connectivity index (χ1v) is 5.58. The fourth-order valence-electron chi connectivity index (χ4n) is 1.26. The molecule has 0 saturated carbocycles. The van der Waals surface area contributed by atoms with Gasteiger partial charge in [0.1, 0.15) is 4.33 Å². The van der Waals surface area contributed by atoms with Crippen LogP contribution in [0.15, 0.2) is 24.3 Å². The Morgan fingerprint density at radius 1 is 1.21 bits per heavy atom. The number of rotatable bonds is 3. The summed E-state index contributed by atoms with van der Waals surface area (Å²) < 4.78 is -0.648. The molecule has 0 N–H and O–H groups in total. The average Bonchev–Trinajstić information content (AvgIpc) is 2.07. The van der Waals surface area contributed by atoms with Crippen molar-refractivity contribution in [1.29, 1.82) is 0 Å². The summed E-state index contributed by atoms with van der Waals surface area (Å²) in [5.41, 5.74) is 2.57. The Hall–Kier alpha value is -0.200. The van der Waals surface area contributed by atoms with Crippen LogP contribution in [0.3, 0.4) is 0 Å². The molecule has 0 radical (unpaired) electrons. The van der Waals surface area contributed by atoms with E-state index in [9.17, 15) is 0 Å². The molecule has 0 nitrogen and oxygen atoms in total. The number of halogens is 2. The van der Waals surface area contributed by atoms with Gasteiger partial charge in [-0.1, -0.05) is 36.8 Å². The molecule has 0 fully saturated rings. The van der Waals surface area contributed by atoms with E-state index in [-0.39, 0.29) is 5.92 Å². The van der Waals surface area contributed by atoms with Crippen LogP contribution >= 0.6 is 23.2 Å². The first-order chi connectivity index (χ1) is 6.39. The lowest BCUT2D eigenvalue weighted by atomic mass is 9.97. The van der Waals surface area contributed by atoms with Crippen LogP contribution in [0.5, 0.6) is 0 Å². The summed E-state index contributed by atoms with van der Waals surface area (Å²) in [5.74, 6) is 0.258. The van der Waals surface area contributed by atoms with Gasteiger partial charge in [-0.3, -0.25) is 0 Å². The number of hydrogen-bond donors (Lipinski definition) is 0. The first-order valence-electron chi connectivity index (χ1n) is 4.83. The van der Waals surface area contributed by atoms with Crippen LogP contribution in [0.2, 0.25) is 0 Å². The van der Waals surface area contributed by atoms with E-state index in [0.29, 0.717) is 0 Å². The first kappa shape index (κ1) is 11.9. The molecule has 78 valence electrons. The van der Waals surface area contributed by atoms with Gasteiger partial charge in [-0.25, -0.2) is 0 Å². The molecule has 1 atom stereocenters. The second kappa shape index (κ2) is 4.55. The van der Waals surface area contributed by atoms with E-state index in [4.69, 9.17) is 23.2 Å². The van der Waals surface area contributed by atoms with E-state index >= 15 is 0 Å². The van der Waals surface area contributed by atoms with Gasteiger partial charge in [0.15, 0.2) is 0 Å². The summed E-state index contributed by atoms with van der Waals surface area (Å²) in [6.07, 6.45) is 0.920. The Kier molecular flexibility index (Phi) is 3.86. The molecule has 0 aliphatic carbocycles. The van der Waals surface area contributed by atoms with Crippen molar-refractivity contribution in [3.05, 3.63) is 35.4 Å². The second-order valence-corrected chi connectivity index (χ2v) is 5.81. The topological polar surface area (TPSA) is 0 Å². The lowest BCUT2D eigenvalue weighted by Gasteiger charge is -2.22. The predicted molar refractivity (Wildman–Crippen MR) is 64.2 cm³/mol. The van der Waals surface area contributed by atoms with Gasteiger partial charge in [-0.05, 0) is 31.7 Å². The molecule has 1 aromatic carbocycles. The Bertz CT molecular complexity index is 282. The summed E-state index contributed by atoms with van der Waals surface area (Å²) in [4.78, 5) is 0. The molecule has 0 spiro atoms. The standard InChI is InChI=1S/C12H16Cl2/c1-9-4-6-11(7-5-9)8-10(2)12(3,13)14/h4-7,10H,8H2,1-3H3. The Labute approximate surface area is 96.2 Å². The van der Waals surface area contributed by atoms with Crippen LogP contribution in [-0.2, 0) is 6.42 Å². The monoisotopic (exact) mass is 230 g/mol. The number of hydrogen-bond acceptors (Lipinski definition) is 0. The zero-order valence-electron chi connectivity index (χ0n) is 8.85. The summed E-state index contributed by atoms with van der Waals surface area (Å²) in [7, 11) is 0. The number of alkyl halides is 2. The summed E-state index contributed by atoms with van der Waals surface area (Å²) in [5, 5.41) is 0. The lowest BCUT2D eigenvalue weighted by Crippen LogP contribution is -2.20. The third kappa shape index (κ3) is 3.51. The molecule has 1 rings (SSSR count). The minimum atomic E-state index is -0.648. The van der Waals surface area contributed by atoms with Gasteiger partial charge in [0.25, 0.3) is 0 Å². The van der Waals surface area contributed by atoms with Crippen LogP contribution in [0.4, 0.5) is 0 Å². The minimum Gasteiger partial charge on any atom is -0.102 e. The molecule has 1 aromatic rings. The maximum Gasteiger partial charge on any atom is 0.118 e.